The van der Waals surface area contributed by atoms with Crippen molar-refractivity contribution in [2.45, 2.75) is 39.2 Å². The van der Waals surface area contributed by atoms with Gasteiger partial charge in [-0.25, -0.2) is 23.1 Å². The van der Waals surface area contributed by atoms with Crippen LogP contribution in [-0.4, -0.2) is 67.8 Å². The second-order valence-corrected chi connectivity index (χ2v) is 11.1. The molecule has 1 fully saturated rings. The van der Waals surface area contributed by atoms with Gasteiger partial charge in [0.15, 0.2) is 17.4 Å². The van der Waals surface area contributed by atoms with E-state index in [0.29, 0.717) is 53.4 Å². The number of anilines is 2. The highest BCUT2D eigenvalue weighted by Crippen LogP contribution is 2.39. The fourth-order valence-corrected chi connectivity index (χ4v) is 5.52. The molecule has 6 nitrogen and oxygen atoms in total. The van der Waals surface area contributed by atoms with Crippen molar-refractivity contribution in [2.75, 3.05) is 56.7 Å². The van der Waals surface area contributed by atoms with E-state index in [0.717, 1.165) is 38.7 Å². The van der Waals surface area contributed by atoms with Crippen LogP contribution in [0, 0.1) is 23.4 Å². The van der Waals surface area contributed by atoms with E-state index < -0.39 is 11.6 Å². The molecule has 2 aliphatic rings. The maximum absolute atomic E-state index is 15.1. The van der Waals surface area contributed by atoms with E-state index in [1.807, 2.05) is 6.07 Å². The average Bonchev–Trinajstić information content (AvgIpc) is 2.90. The number of hydrogen-bond acceptors (Lipinski definition) is 6. The van der Waals surface area contributed by atoms with Crippen LogP contribution in [0.4, 0.5) is 24.5 Å². The number of rotatable bonds is 7. The first-order chi connectivity index (χ1) is 18.7. The standard InChI is InChI=1S/C30H36F3N5O/c1-19(2)18-38-11-12-39-30-24(32)15-21(16-27(30)38)29-25(33)17-34-28(35-29)14-20-5-6-26(23(31)13-20)37-9-7-22(8-10-37)36(3)4/h5-6,13,15-17,19,22H,7-12,14,18H2,1-4H3. The second kappa shape index (κ2) is 11.4. The van der Waals surface area contributed by atoms with Crippen molar-refractivity contribution in [3.05, 3.63) is 65.4 Å². The van der Waals surface area contributed by atoms with Crippen LogP contribution in [0.5, 0.6) is 5.75 Å². The first-order valence-electron chi connectivity index (χ1n) is 13.6. The summed E-state index contributed by atoms with van der Waals surface area (Å²) in [5.41, 5.74) is 2.20. The lowest BCUT2D eigenvalue weighted by Crippen LogP contribution is -2.42. The van der Waals surface area contributed by atoms with Gasteiger partial charge in [0.2, 0.25) is 0 Å². The quantitative estimate of drug-likeness (QED) is 0.393. The Morgan fingerprint density at radius 2 is 1.74 bits per heavy atom. The minimum absolute atomic E-state index is 0.0117. The lowest BCUT2D eigenvalue weighted by molar-refractivity contribution is 0.249. The molecule has 208 valence electrons. The number of aromatic nitrogens is 2. The van der Waals surface area contributed by atoms with E-state index in [1.165, 1.54) is 12.1 Å². The van der Waals surface area contributed by atoms with Crippen molar-refractivity contribution in [1.82, 2.24) is 14.9 Å². The van der Waals surface area contributed by atoms with E-state index in [9.17, 15) is 4.39 Å². The summed E-state index contributed by atoms with van der Waals surface area (Å²) in [6.07, 6.45) is 3.30. The van der Waals surface area contributed by atoms with Gasteiger partial charge in [-0.1, -0.05) is 19.9 Å². The predicted molar refractivity (Wildman–Crippen MR) is 148 cm³/mol. The van der Waals surface area contributed by atoms with Crippen molar-refractivity contribution in [1.29, 1.82) is 0 Å². The highest BCUT2D eigenvalue weighted by atomic mass is 19.1. The van der Waals surface area contributed by atoms with E-state index in [2.05, 4.69) is 52.6 Å². The van der Waals surface area contributed by atoms with Crippen LogP contribution >= 0.6 is 0 Å². The Labute approximate surface area is 228 Å². The molecular formula is C30H36F3N5O. The number of ether oxygens (including phenoxy) is 1. The number of piperidine rings is 1. The minimum Gasteiger partial charge on any atom is -0.486 e. The molecule has 3 heterocycles. The van der Waals surface area contributed by atoms with Gasteiger partial charge in [-0.3, -0.25) is 0 Å². The Bertz CT molecular complexity index is 1320. The third kappa shape index (κ3) is 5.98. The summed E-state index contributed by atoms with van der Waals surface area (Å²) >= 11 is 0. The largest absolute Gasteiger partial charge is 0.486 e. The number of halogens is 3. The molecule has 3 aromatic rings. The van der Waals surface area contributed by atoms with E-state index in [-0.39, 0.29) is 23.7 Å². The fraction of sp³-hybridized carbons (Fsp3) is 0.467. The zero-order chi connectivity index (χ0) is 27.7. The summed E-state index contributed by atoms with van der Waals surface area (Å²) in [5, 5.41) is 0. The molecule has 9 heteroatoms. The summed E-state index contributed by atoms with van der Waals surface area (Å²) in [6, 6.07) is 8.65. The minimum atomic E-state index is -0.645. The van der Waals surface area contributed by atoms with Crippen LogP contribution in [0.2, 0.25) is 0 Å². The van der Waals surface area contributed by atoms with Gasteiger partial charge in [0, 0.05) is 37.7 Å². The molecule has 0 radical (unpaired) electrons. The molecular weight excluding hydrogens is 503 g/mol. The molecule has 0 unspecified atom stereocenters. The lowest BCUT2D eigenvalue weighted by Gasteiger charge is -2.36. The van der Waals surface area contributed by atoms with Crippen molar-refractivity contribution in [3.8, 4) is 17.0 Å². The summed E-state index contributed by atoms with van der Waals surface area (Å²) in [7, 11) is 4.16. The van der Waals surface area contributed by atoms with Crippen molar-refractivity contribution in [3.63, 3.8) is 0 Å². The Morgan fingerprint density at radius 1 is 0.974 bits per heavy atom. The Balaban J connectivity index is 1.37. The molecule has 2 aliphatic heterocycles. The topological polar surface area (TPSA) is 44.7 Å². The van der Waals surface area contributed by atoms with Gasteiger partial charge in [0.25, 0.3) is 0 Å². The smallest absolute Gasteiger partial charge is 0.178 e. The first kappa shape index (κ1) is 27.2. The zero-order valence-corrected chi connectivity index (χ0v) is 23.1. The van der Waals surface area contributed by atoms with Crippen LogP contribution in [0.3, 0.4) is 0 Å². The van der Waals surface area contributed by atoms with Crippen LogP contribution in [0.25, 0.3) is 11.3 Å². The first-order valence-corrected chi connectivity index (χ1v) is 13.6. The number of fused-ring (bicyclic) bond motifs is 1. The van der Waals surface area contributed by atoms with E-state index in [4.69, 9.17) is 4.74 Å². The molecule has 0 spiro atoms. The van der Waals surface area contributed by atoms with Gasteiger partial charge >= 0.3 is 0 Å². The Morgan fingerprint density at radius 3 is 2.44 bits per heavy atom. The lowest BCUT2D eigenvalue weighted by atomic mass is 10.0. The summed E-state index contributed by atoms with van der Waals surface area (Å²) in [5.74, 6) is -0.613. The molecule has 39 heavy (non-hydrogen) atoms. The molecule has 0 bridgehead atoms. The SMILES string of the molecule is CC(C)CN1CCOc2c(F)cc(-c3nc(Cc4ccc(N5CCC(N(C)C)CC5)c(F)c4)ncc3F)cc21. The number of benzene rings is 2. The highest BCUT2D eigenvalue weighted by Gasteiger charge is 2.25. The predicted octanol–water partition coefficient (Wildman–Crippen LogP) is 5.54. The third-order valence-corrected chi connectivity index (χ3v) is 7.54. The van der Waals surface area contributed by atoms with Crippen molar-refractivity contribution < 1.29 is 17.9 Å². The van der Waals surface area contributed by atoms with Crippen LogP contribution in [0.15, 0.2) is 36.5 Å². The maximum Gasteiger partial charge on any atom is 0.178 e. The van der Waals surface area contributed by atoms with Crippen LogP contribution < -0.4 is 14.5 Å². The molecule has 1 saturated heterocycles. The van der Waals surface area contributed by atoms with Gasteiger partial charge in [0.05, 0.1) is 24.1 Å². The van der Waals surface area contributed by atoms with Crippen molar-refractivity contribution in [2.24, 2.45) is 5.92 Å². The van der Waals surface area contributed by atoms with E-state index >= 15 is 8.78 Å². The third-order valence-electron chi connectivity index (χ3n) is 7.54. The van der Waals surface area contributed by atoms with Gasteiger partial charge < -0.3 is 19.4 Å². The van der Waals surface area contributed by atoms with Crippen LogP contribution in [-0.2, 0) is 6.42 Å². The Hall–Kier alpha value is -3.33. The molecule has 0 aliphatic carbocycles. The van der Waals surface area contributed by atoms with Gasteiger partial charge in [-0.05, 0) is 62.7 Å². The van der Waals surface area contributed by atoms with Gasteiger partial charge in [-0.15, -0.1) is 0 Å². The summed E-state index contributed by atoms with van der Waals surface area (Å²) in [4.78, 5) is 14.9. The average molecular weight is 540 g/mol. The monoisotopic (exact) mass is 539 g/mol. The molecule has 0 saturated carbocycles. The molecule has 1 aromatic heterocycles. The normalized spacial score (nSPS) is 16.1. The van der Waals surface area contributed by atoms with Gasteiger partial charge in [0.1, 0.15) is 23.9 Å². The number of nitrogens with zero attached hydrogens (tertiary/aromatic N) is 5. The van der Waals surface area contributed by atoms with Gasteiger partial charge in [-0.2, -0.15) is 0 Å². The van der Waals surface area contributed by atoms with E-state index in [1.54, 1.807) is 12.1 Å². The molecule has 0 atom stereocenters. The van der Waals surface area contributed by atoms with Crippen LogP contribution in [0.1, 0.15) is 38.1 Å². The molecule has 0 amide bonds. The molecule has 5 rings (SSSR count). The summed E-state index contributed by atoms with van der Waals surface area (Å²) in [6.45, 7) is 7.54. The van der Waals surface area contributed by atoms with Crippen molar-refractivity contribution >= 4 is 11.4 Å². The summed E-state index contributed by atoms with van der Waals surface area (Å²) < 4.78 is 50.7. The molecule has 2 aromatic carbocycles. The zero-order valence-electron chi connectivity index (χ0n) is 23.1. The number of hydrogen-bond donors (Lipinski definition) is 0. The highest BCUT2D eigenvalue weighted by molar-refractivity contribution is 5.72. The second-order valence-electron chi connectivity index (χ2n) is 11.1. The maximum atomic E-state index is 15.1. The Kier molecular flexibility index (Phi) is 7.98. The fourth-order valence-electron chi connectivity index (χ4n) is 5.52. The molecule has 0 N–H and O–H groups in total.